The predicted octanol–water partition coefficient (Wildman–Crippen LogP) is 2.18. The molecular weight excluding hydrogens is 407 g/mol. The lowest BCUT2D eigenvalue weighted by molar-refractivity contribution is -0.137. The van der Waals surface area contributed by atoms with Crippen molar-refractivity contribution in [3.63, 3.8) is 0 Å². The molecule has 0 aromatic rings. The molecule has 0 aromatic heterocycles. The van der Waals surface area contributed by atoms with Crippen LogP contribution in [0.1, 0.15) is 25.7 Å². The summed E-state index contributed by atoms with van der Waals surface area (Å²) in [6.07, 6.45) is 0.406. The first kappa shape index (κ1) is 31.0. The van der Waals surface area contributed by atoms with Gasteiger partial charge in [0.25, 0.3) is 0 Å². The first-order valence-corrected chi connectivity index (χ1v) is 8.59. The van der Waals surface area contributed by atoms with Gasteiger partial charge in [-0.2, -0.15) is 23.5 Å². The summed E-state index contributed by atoms with van der Waals surface area (Å²) < 4.78 is 0. The number of thioether (sulfide) groups is 2. The molecule has 0 aliphatic heterocycles. The first-order valence-electron chi connectivity index (χ1n) is 6.28. The number of carboxylic acids is 4. The van der Waals surface area contributed by atoms with Crippen LogP contribution in [0.25, 0.3) is 0 Å². The summed E-state index contributed by atoms with van der Waals surface area (Å²) in [5, 5.41) is 32.8. The van der Waals surface area contributed by atoms with E-state index in [1.54, 1.807) is 0 Å². The van der Waals surface area contributed by atoms with Gasteiger partial charge in [0.05, 0.1) is 25.7 Å². The van der Waals surface area contributed by atoms with Crippen LogP contribution in [0.5, 0.6) is 0 Å². The zero-order valence-corrected chi connectivity index (χ0v) is 16.0. The molecule has 0 aliphatic carbocycles. The fourth-order valence-electron chi connectivity index (χ4n) is 0.842. The third-order valence-electron chi connectivity index (χ3n) is 1.84. The highest BCUT2D eigenvalue weighted by Gasteiger charge is 1.99. The predicted molar refractivity (Wildman–Crippen MR) is 98.2 cm³/mol. The third-order valence-corrected chi connectivity index (χ3v) is 3.81. The first-order chi connectivity index (χ1) is 10.3. The van der Waals surface area contributed by atoms with Gasteiger partial charge in [0, 0.05) is 23.0 Å². The van der Waals surface area contributed by atoms with Crippen LogP contribution in [-0.2, 0) is 19.2 Å². The van der Waals surface area contributed by atoms with Crippen molar-refractivity contribution in [1.29, 1.82) is 0 Å². The topological polar surface area (TPSA) is 149 Å². The van der Waals surface area contributed by atoms with E-state index in [-0.39, 0.29) is 50.5 Å². The fraction of sp³-hybridized carbons (Fsp3) is 0.667. The molecule has 0 atom stereocenters. The van der Waals surface area contributed by atoms with Gasteiger partial charge >= 0.3 is 23.9 Å². The maximum absolute atomic E-state index is 9.97. The minimum absolute atomic E-state index is 0. The zero-order valence-electron chi connectivity index (χ0n) is 12.7. The van der Waals surface area contributed by atoms with Crippen molar-refractivity contribution in [2.24, 2.45) is 0 Å². The number of aliphatic carboxylic acids is 4. The highest BCUT2D eigenvalue weighted by molar-refractivity contribution is 7.99. The van der Waals surface area contributed by atoms with E-state index in [0.717, 1.165) is 0 Å². The Morgan fingerprint density at radius 3 is 0.792 bits per heavy atom. The van der Waals surface area contributed by atoms with E-state index in [1.807, 2.05) is 0 Å². The van der Waals surface area contributed by atoms with Crippen molar-refractivity contribution in [3.8, 4) is 0 Å². The van der Waals surface area contributed by atoms with Crippen molar-refractivity contribution in [2.45, 2.75) is 25.7 Å². The van der Waals surface area contributed by atoms with Gasteiger partial charge in [0.2, 0.25) is 0 Å². The van der Waals surface area contributed by atoms with Gasteiger partial charge in [-0.25, -0.2) is 0 Å². The summed E-state index contributed by atoms with van der Waals surface area (Å²) in [6, 6.07) is 0. The Balaban J connectivity index is -0.000000154. The van der Waals surface area contributed by atoms with Crippen LogP contribution in [-0.4, -0.2) is 67.3 Å². The Labute approximate surface area is 160 Å². The monoisotopic (exact) mass is 428 g/mol. The lowest BCUT2D eigenvalue weighted by atomic mass is 10.5. The van der Waals surface area contributed by atoms with Crippen LogP contribution in [0.3, 0.4) is 0 Å². The second kappa shape index (κ2) is 22.2. The van der Waals surface area contributed by atoms with Gasteiger partial charge in [-0.1, -0.05) is 0 Å². The van der Waals surface area contributed by atoms with E-state index >= 15 is 0 Å². The molecule has 0 spiro atoms. The summed E-state index contributed by atoms with van der Waals surface area (Å²) >= 11 is 2.70. The van der Waals surface area contributed by atoms with Crippen molar-refractivity contribution in [1.82, 2.24) is 0 Å². The maximum atomic E-state index is 9.97. The summed E-state index contributed by atoms with van der Waals surface area (Å²) in [5.41, 5.74) is 0. The minimum Gasteiger partial charge on any atom is -0.481 e. The summed E-state index contributed by atoms with van der Waals surface area (Å²) in [6.45, 7) is 0. The van der Waals surface area contributed by atoms with E-state index < -0.39 is 23.9 Å². The average Bonchev–Trinajstić information content (AvgIpc) is 2.37. The van der Waals surface area contributed by atoms with Crippen molar-refractivity contribution < 1.29 is 39.6 Å². The van der Waals surface area contributed by atoms with E-state index in [9.17, 15) is 19.2 Å². The SMILES string of the molecule is Cl.Cl.O=C(O)CCSCCC(=O)O.O=C(O)CCSCCC(=O)O. The number of hydrogen-bond donors (Lipinski definition) is 4. The van der Waals surface area contributed by atoms with Crippen LogP contribution in [0, 0.1) is 0 Å². The molecule has 0 amide bonds. The van der Waals surface area contributed by atoms with Crippen LogP contribution in [0.2, 0.25) is 0 Å². The van der Waals surface area contributed by atoms with Crippen LogP contribution in [0.4, 0.5) is 0 Å². The van der Waals surface area contributed by atoms with E-state index in [1.165, 1.54) is 23.5 Å². The summed E-state index contributed by atoms with van der Waals surface area (Å²) in [5.74, 6) is -1.41. The molecule has 0 radical (unpaired) electrons. The number of halogens is 2. The minimum atomic E-state index is -0.840. The molecule has 0 fully saturated rings. The Morgan fingerprint density at radius 1 is 0.500 bits per heavy atom. The van der Waals surface area contributed by atoms with Crippen molar-refractivity contribution in [3.05, 3.63) is 0 Å². The lowest BCUT2D eigenvalue weighted by Gasteiger charge is -1.94. The Kier molecular flexibility index (Phi) is 28.6. The van der Waals surface area contributed by atoms with Crippen molar-refractivity contribution >= 4 is 72.2 Å². The summed E-state index contributed by atoms with van der Waals surface area (Å²) in [4.78, 5) is 39.9. The number of carboxylic acid groups (broad SMARTS) is 4. The van der Waals surface area contributed by atoms with Gasteiger partial charge in [-0.05, 0) is 0 Å². The molecule has 12 heteroatoms. The van der Waals surface area contributed by atoms with E-state index in [2.05, 4.69) is 0 Å². The zero-order chi connectivity index (χ0) is 17.4. The van der Waals surface area contributed by atoms with Gasteiger partial charge in [0.15, 0.2) is 0 Å². The molecule has 24 heavy (non-hydrogen) atoms. The molecule has 0 aliphatic rings. The molecular formula is C12H22Cl2O8S2. The molecule has 4 N–H and O–H groups in total. The Hall–Kier alpha value is -0.840. The second-order valence-electron chi connectivity index (χ2n) is 3.80. The molecule has 0 bridgehead atoms. The normalized spacial score (nSPS) is 8.67. The molecule has 0 saturated heterocycles. The number of carbonyl (C=O) groups is 4. The second-order valence-corrected chi connectivity index (χ2v) is 6.25. The maximum Gasteiger partial charge on any atom is 0.304 e. The molecule has 8 nitrogen and oxygen atoms in total. The van der Waals surface area contributed by atoms with E-state index in [0.29, 0.717) is 23.0 Å². The summed E-state index contributed by atoms with van der Waals surface area (Å²) in [7, 11) is 0. The third kappa shape index (κ3) is 37.4. The van der Waals surface area contributed by atoms with Gasteiger partial charge in [-0.3, -0.25) is 19.2 Å². The largest absolute Gasteiger partial charge is 0.481 e. The van der Waals surface area contributed by atoms with Crippen LogP contribution < -0.4 is 0 Å². The Bertz CT molecular complexity index is 303. The average molecular weight is 429 g/mol. The number of rotatable bonds is 12. The quantitative estimate of drug-likeness (QED) is 0.340. The lowest BCUT2D eigenvalue weighted by Crippen LogP contribution is -1.99. The standard InChI is InChI=1S/2C6H10O4S.2ClH/c2*7-5(8)1-3-11-4-2-6(9)10;;/h2*1-4H2,(H,7,8)(H,9,10);2*1H. The van der Waals surface area contributed by atoms with Gasteiger partial charge in [0.1, 0.15) is 0 Å². The fourth-order valence-corrected chi connectivity index (χ4v) is 2.53. The van der Waals surface area contributed by atoms with Crippen LogP contribution >= 0.6 is 48.3 Å². The molecule has 0 heterocycles. The smallest absolute Gasteiger partial charge is 0.304 e. The molecule has 0 saturated carbocycles. The highest BCUT2D eigenvalue weighted by atomic mass is 35.5. The van der Waals surface area contributed by atoms with Crippen LogP contribution in [0.15, 0.2) is 0 Å². The highest BCUT2D eigenvalue weighted by Crippen LogP contribution is 2.04. The molecule has 0 aromatic carbocycles. The Morgan fingerprint density at radius 2 is 0.667 bits per heavy atom. The van der Waals surface area contributed by atoms with Gasteiger partial charge < -0.3 is 20.4 Å². The molecule has 0 unspecified atom stereocenters. The molecule has 144 valence electrons. The van der Waals surface area contributed by atoms with E-state index in [4.69, 9.17) is 20.4 Å². The van der Waals surface area contributed by atoms with Crippen molar-refractivity contribution in [2.75, 3.05) is 23.0 Å². The van der Waals surface area contributed by atoms with Gasteiger partial charge in [-0.15, -0.1) is 24.8 Å². The molecule has 0 rings (SSSR count). The number of hydrogen-bond acceptors (Lipinski definition) is 6.